The molecule has 1 saturated carbocycles. The Morgan fingerprint density at radius 2 is 0.719 bits per heavy atom. The summed E-state index contributed by atoms with van der Waals surface area (Å²) in [5, 5.41) is -0.351. The molecular weight excluding hydrogens is 467 g/mol. The van der Waals surface area contributed by atoms with Gasteiger partial charge in [0.05, 0.1) is 16.0 Å². The van der Waals surface area contributed by atoms with Crippen LogP contribution in [0.2, 0.25) is 0 Å². The van der Waals surface area contributed by atoms with Crippen LogP contribution in [0.5, 0.6) is 0 Å². The predicted octanol–water partition coefficient (Wildman–Crippen LogP) is 8.59. The first-order valence-corrected chi connectivity index (χ1v) is 11.1. The molecule has 10 heteroatoms. The van der Waals surface area contributed by atoms with E-state index >= 15 is 0 Å². The van der Waals surface area contributed by atoms with Crippen molar-refractivity contribution in [2.45, 2.75) is 67.9 Å². The van der Waals surface area contributed by atoms with Crippen LogP contribution in [0, 0.1) is 52.4 Å². The van der Waals surface area contributed by atoms with Gasteiger partial charge >= 0.3 is 0 Å². The minimum absolute atomic E-state index is 0.351. The zero-order chi connectivity index (χ0) is 23.6. The lowest BCUT2D eigenvalue weighted by molar-refractivity contribution is 0.378. The number of hydrogen-bond acceptors (Lipinski definition) is 1. The van der Waals surface area contributed by atoms with Crippen molar-refractivity contribution < 1.29 is 39.5 Å². The Balaban J connectivity index is 2.06. The van der Waals surface area contributed by atoms with Crippen LogP contribution < -0.4 is 0 Å². The van der Waals surface area contributed by atoms with E-state index in [1.165, 1.54) is 0 Å². The third-order valence-corrected chi connectivity index (χ3v) is 6.92. The first-order chi connectivity index (χ1) is 15.2. The monoisotopic (exact) mass is 486 g/mol. The van der Waals surface area contributed by atoms with Crippen LogP contribution in [0.1, 0.15) is 57.8 Å². The second kappa shape index (κ2) is 10.4. The van der Waals surface area contributed by atoms with E-state index in [2.05, 4.69) is 0 Å². The zero-order valence-corrected chi connectivity index (χ0v) is 17.6. The van der Waals surface area contributed by atoms with Crippen molar-refractivity contribution in [3.63, 3.8) is 0 Å². The van der Waals surface area contributed by atoms with Crippen LogP contribution in [0.3, 0.4) is 0 Å². The van der Waals surface area contributed by atoms with Gasteiger partial charge < -0.3 is 0 Å². The van der Waals surface area contributed by atoms with Gasteiger partial charge in [0.25, 0.3) is 0 Å². The minimum atomic E-state index is -2.57. The highest BCUT2D eigenvalue weighted by Crippen LogP contribution is 2.42. The van der Waals surface area contributed by atoms with Crippen molar-refractivity contribution in [1.29, 1.82) is 0 Å². The molecule has 0 saturated heterocycles. The van der Waals surface area contributed by atoms with E-state index in [0.717, 1.165) is 44.9 Å². The van der Waals surface area contributed by atoms with Gasteiger partial charge in [-0.3, -0.25) is 0 Å². The molecule has 176 valence electrons. The van der Waals surface area contributed by atoms with Gasteiger partial charge in [-0.25, -0.2) is 39.5 Å². The maximum atomic E-state index is 14.7. The van der Waals surface area contributed by atoms with E-state index in [-0.39, 0.29) is 5.25 Å². The normalized spacial score (nSPS) is 16.4. The van der Waals surface area contributed by atoms with Crippen LogP contribution in [-0.2, 0) is 0 Å². The van der Waals surface area contributed by atoms with E-state index < -0.39 is 68.4 Å². The van der Waals surface area contributed by atoms with Gasteiger partial charge in [-0.2, -0.15) is 0 Å². The molecule has 2 aromatic rings. The molecule has 0 heterocycles. The predicted molar refractivity (Wildman–Crippen MR) is 103 cm³/mol. The molecule has 0 aliphatic heterocycles. The third-order valence-electron chi connectivity index (χ3n) is 5.52. The highest BCUT2D eigenvalue weighted by molar-refractivity contribution is 8.00. The number of hydrogen-bond donors (Lipinski definition) is 0. The van der Waals surface area contributed by atoms with E-state index in [4.69, 9.17) is 0 Å². The lowest BCUT2D eigenvalue weighted by atomic mass is 10.0. The van der Waals surface area contributed by atoms with Gasteiger partial charge in [0.2, 0.25) is 5.82 Å². The highest BCUT2D eigenvalue weighted by atomic mass is 32.2. The topological polar surface area (TPSA) is 0 Å². The van der Waals surface area contributed by atoms with Gasteiger partial charge in [-0.1, -0.05) is 44.9 Å². The molecule has 0 N–H and O–H groups in total. The van der Waals surface area contributed by atoms with Gasteiger partial charge in [0.15, 0.2) is 46.5 Å². The lowest BCUT2D eigenvalue weighted by Gasteiger charge is -2.20. The molecule has 1 aliphatic carbocycles. The summed E-state index contributed by atoms with van der Waals surface area (Å²) in [6.45, 7) is 0. The summed E-state index contributed by atoms with van der Waals surface area (Å²) in [7, 11) is 0. The van der Waals surface area contributed by atoms with Crippen molar-refractivity contribution in [3.8, 4) is 11.1 Å². The lowest BCUT2D eigenvalue weighted by Crippen LogP contribution is -2.11. The Hall–Kier alpha value is -1.84. The number of thioether (sulfide) groups is 1. The summed E-state index contributed by atoms with van der Waals surface area (Å²) in [5.74, 6) is -21.1. The van der Waals surface area contributed by atoms with Crippen molar-refractivity contribution >= 4 is 11.8 Å². The summed E-state index contributed by atoms with van der Waals surface area (Å²) in [4.78, 5) is -1.02. The fraction of sp³-hybridized carbons (Fsp3) is 0.455. The average Bonchev–Trinajstić information content (AvgIpc) is 2.79. The largest absolute Gasteiger partial charge is 0.203 e. The van der Waals surface area contributed by atoms with Crippen LogP contribution in [0.25, 0.3) is 11.1 Å². The van der Waals surface area contributed by atoms with E-state index in [9.17, 15) is 39.5 Å². The maximum Gasteiger partial charge on any atom is 0.200 e. The number of rotatable bonds is 3. The zero-order valence-electron chi connectivity index (χ0n) is 16.8. The van der Waals surface area contributed by atoms with Crippen molar-refractivity contribution in [1.82, 2.24) is 0 Å². The van der Waals surface area contributed by atoms with Gasteiger partial charge in [-0.05, 0) is 12.8 Å². The fourth-order valence-electron chi connectivity index (χ4n) is 3.82. The number of benzene rings is 2. The first-order valence-electron chi connectivity index (χ1n) is 10.2. The summed E-state index contributed by atoms with van der Waals surface area (Å²) in [6, 6.07) is 0. The molecular formula is C22H19F9S. The van der Waals surface area contributed by atoms with Crippen LogP contribution in [-0.4, -0.2) is 5.25 Å². The number of halogens is 9. The molecule has 0 amide bonds. The van der Waals surface area contributed by atoms with Crippen LogP contribution in [0.4, 0.5) is 39.5 Å². The third kappa shape index (κ3) is 4.75. The maximum absolute atomic E-state index is 14.7. The average molecular weight is 486 g/mol. The van der Waals surface area contributed by atoms with Crippen LogP contribution >= 0.6 is 11.8 Å². The second-order valence-corrected chi connectivity index (χ2v) is 9.01. The molecule has 32 heavy (non-hydrogen) atoms. The summed E-state index contributed by atoms with van der Waals surface area (Å²) in [6.07, 6.45) is 7.55. The fourth-order valence-corrected chi connectivity index (χ4v) is 5.10. The Bertz CT molecular complexity index is 938. The molecule has 0 bridgehead atoms. The quantitative estimate of drug-likeness (QED) is 0.238. The van der Waals surface area contributed by atoms with Crippen molar-refractivity contribution in [2.75, 3.05) is 0 Å². The molecule has 0 atom stereocenters. The van der Waals surface area contributed by atoms with Crippen LogP contribution in [0.15, 0.2) is 4.90 Å². The Kier molecular flexibility index (Phi) is 8.06. The molecule has 1 fully saturated rings. The summed E-state index contributed by atoms with van der Waals surface area (Å²) in [5.41, 5.74) is -4.05. The molecule has 0 spiro atoms. The molecule has 1 aliphatic rings. The Labute approximate surface area is 183 Å². The van der Waals surface area contributed by atoms with Crippen molar-refractivity contribution in [2.24, 2.45) is 0 Å². The van der Waals surface area contributed by atoms with E-state index in [0.29, 0.717) is 24.6 Å². The molecule has 0 aromatic heterocycles. The smallest absolute Gasteiger partial charge is 0.200 e. The second-order valence-electron chi connectivity index (χ2n) is 7.70. The summed E-state index contributed by atoms with van der Waals surface area (Å²) >= 11 is 0.580. The Morgan fingerprint density at radius 1 is 0.406 bits per heavy atom. The molecule has 0 nitrogen and oxygen atoms in total. The van der Waals surface area contributed by atoms with Gasteiger partial charge in [0.1, 0.15) is 0 Å². The standard InChI is InChI=1S/C22H19F9S/c23-13-11(14(24)18(28)19(29)17(13)27)12-15(25)20(30)22(21(31)16(12)26)32-10-8-6-4-2-1-3-5-7-9-10/h10H,1-9H2. The van der Waals surface area contributed by atoms with E-state index in [1.54, 1.807) is 0 Å². The Morgan fingerprint density at radius 3 is 1.12 bits per heavy atom. The molecule has 2 aromatic carbocycles. The molecule has 3 rings (SSSR count). The summed E-state index contributed by atoms with van der Waals surface area (Å²) < 4.78 is 127. The van der Waals surface area contributed by atoms with E-state index in [1.807, 2.05) is 0 Å². The highest BCUT2D eigenvalue weighted by Gasteiger charge is 2.35. The molecule has 0 unspecified atom stereocenters. The first kappa shape index (κ1) is 24.8. The molecule has 0 radical (unpaired) electrons. The van der Waals surface area contributed by atoms with Crippen molar-refractivity contribution in [3.05, 3.63) is 52.4 Å². The van der Waals surface area contributed by atoms with Gasteiger partial charge in [0, 0.05) is 5.25 Å². The minimum Gasteiger partial charge on any atom is -0.203 e. The van der Waals surface area contributed by atoms with Gasteiger partial charge in [-0.15, -0.1) is 11.8 Å². The SMILES string of the molecule is Fc1c(F)c(F)c(-c2c(F)c(F)c(SC3CCCCCCCCC3)c(F)c2F)c(F)c1F.